The molecule has 3 nitrogen and oxygen atoms in total. The van der Waals surface area contributed by atoms with E-state index in [2.05, 4.69) is 15.3 Å². The van der Waals surface area contributed by atoms with Crippen LogP contribution in [0.4, 0.5) is 5.82 Å². The Morgan fingerprint density at radius 3 is 3.40 bits per heavy atom. The molecule has 2 rings (SSSR count). The lowest BCUT2D eigenvalue weighted by Gasteiger charge is -2.10. The van der Waals surface area contributed by atoms with Gasteiger partial charge in [0, 0.05) is 0 Å². The molecule has 0 saturated carbocycles. The second-order valence-electron chi connectivity index (χ2n) is 1.83. The van der Waals surface area contributed by atoms with Gasteiger partial charge in [0.1, 0.15) is 5.50 Å². The molecule has 0 aromatic carbocycles. The van der Waals surface area contributed by atoms with Gasteiger partial charge in [-0.3, -0.25) is 0 Å². The molecule has 1 aliphatic heterocycles. The van der Waals surface area contributed by atoms with Crippen molar-refractivity contribution in [1.29, 1.82) is 0 Å². The number of aliphatic imine (C=N–C) groups is 1. The SMILES string of the molecule is ClC1NC=Nc2ncsc21. The Hall–Kier alpha value is -0.610. The van der Waals surface area contributed by atoms with E-state index < -0.39 is 0 Å². The van der Waals surface area contributed by atoms with Crippen LogP contribution in [0.1, 0.15) is 10.4 Å². The Kier molecular flexibility index (Phi) is 1.35. The van der Waals surface area contributed by atoms with Crippen molar-refractivity contribution in [3.8, 4) is 0 Å². The summed E-state index contributed by atoms with van der Waals surface area (Å²) >= 11 is 7.37. The predicted molar refractivity (Wildman–Crippen MR) is 42.0 cm³/mol. The van der Waals surface area contributed by atoms with Gasteiger partial charge in [-0.2, -0.15) is 0 Å². The van der Waals surface area contributed by atoms with E-state index >= 15 is 0 Å². The summed E-state index contributed by atoms with van der Waals surface area (Å²) in [6.45, 7) is 0. The molecule has 5 heteroatoms. The molecule has 0 aliphatic carbocycles. The summed E-state index contributed by atoms with van der Waals surface area (Å²) in [5, 5.41) is 2.87. The zero-order valence-corrected chi connectivity index (χ0v) is 6.49. The van der Waals surface area contributed by atoms with Gasteiger partial charge in [0.25, 0.3) is 0 Å². The highest BCUT2D eigenvalue weighted by molar-refractivity contribution is 7.10. The molecule has 52 valence electrons. The van der Waals surface area contributed by atoms with Gasteiger partial charge >= 0.3 is 0 Å². The van der Waals surface area contributed by atoms with Gasteiger partial charge < -0.3 is 5.32 Å². The molecule has 1 aromatic heterocycles. The zero-order valence-electron chi connectivity index (χ0n) is 4.91. The van der Waals surface area contributed by atoms with Gasteiger partial charge in [0.2, 0.25) is 0 Å². The number of hydrogen-bond donors (Lipinski definition) is 1. The van der Waals surface area contributed by atoms with Crippen molar-refractivity contribution in [3.63, 3.8) is 0 Å². The Morgan fingerprint density at radius 2 is 2.60 bits per heavy atom. The molecule has 0 radical (unpaired) electrons. The van der Waals surface area contributed by atoms with Gasteiger partial charge in [-0.1, -0.05) is 11.6 Å². The highest BCUT2D eigenvalue weighted by atomic mass is 35.5. The third-order valence-electron chi connectivity index (χ3n) is 1.21. The van der Waals surface area contributed by atoms with Gasteiger partial charge in [-0.25, -0.2) is 9.98 Å². The predicted octanol–water partition coefficient (Wildman–Crippen LogP) is 1.64. The molecular formula is C5H4ClN3S. The third-order valence-corrected chi connectivity index (χ3v) is 2.57. The van der Waals surface area contributed by atoms with Crippen molar-refractivity contribution in [2.75, 3.05) is 0 Å². The average Bonchev–Trinajstić information content (AvgIpc) is 2.36. The molecule has 0 bridgehead atoms. The van der Waals surface area contributed by atoms with E-state index in [9.17, 15) is 0 Å². The molecule has 0 amide bonds. The van der Waals surface area contributed by atoms with E-state index in [4.69, 9.17) is 11.6 Å². The number of fused-ring (bicyclic) bond motifs is 1. The van der Waals surface area contributed by atoms with Crippen molar-refractivity contribution >= 4 is 35.1 Å². The Labute approximate surface area is 66.8 Å². The van der Waals surface area contributed by atoms with Crippen LogP contribution in [-0.2, 0) is 0 Å². The summed E-state index contributed by atoms with van der Waals surface area (Å²) in [7, 11) is 0. The highest BCUT2D eigenvalue weighted by Crippen LogP contribution is 2.32. The van der Waals surface area contributed by atoms with Gasteiger partial charge in [-0.05, 0) is 0 Å². The van der Waals surface area contributed by atoms with Crippen LogP contribution < -0.4 is 5.32 Å². The van der Waals surface area contributed by atoms with Crippen LogP contribution in [0.2, 0.25) is 0 Å². The first-order valence-corrected chi connectivity index (χ1v) is 4.05. The normalized spacial score (nSPS) is 21.9. The molecule has 1 unspecified atom stereocenters. The van der Waals surface area contributed by atoms with Crippen LogP contribution in [0.15, 0.2) is 10.5 Å². The van der Waals surface area contributed by atoms with E-state index in [0.29, 0.717) is 0 Å². The van der Waals surface area contributed by atoms with Gasteiger partial charge in [-0.15, -0.1) is 11.3 Å². The maximum Gasteiger partial charge on any atom is 0.170 e. The molecule has 0 fully saturated rings. The van der Waals surface area contributed by atoms with E-state index in [1.807, 2.05) is 0 Å². The number of alkyl halides is 1. The van der Waals surface area contributed by atoms with Crippen LogP contribution in [0, 0.1) is 0 Å². The summed E-state index contributed by atoms with van der Waals surface area (Å²) in [5.41, 5.74) is 1.59. The number of nitrogens with zero attached hydrogens (tertiary/aromatic N) is 2. The van der Waals surface area contributed by atoms with Crippen molar-refractivity contribution in [2.45, 2.75) is 5.50 Å². The van der Waals surface area contributed by atoms with Crippen LogP contribution in [0.3, 0.4) is 0 Å². The fraction of sp³-hybridized carbons (Fsp3) is 0.200. The lowest BCUT2D eigenvalue weighted by atomic mass is 10.4. The largest absolute Gasteiger partial charge is 0.356 e. The van der Waals surface area contributed by atoms with Gasteiger partial charge in [0.05, 0.1) is 16.7 Å². The number of nitrogens with one attached hydrogen (secondary N) is 1. The monoisotopic (exact) mass is 173 g/mol. The Bertz CT molecular complexity index is 270. The van der Waals surface area contributed by atoms with Crippen molar-refractivity contribution < 1.29 is 0 Å². The quantitative estimate of drug-likeness (QED) is 0.479. The minimum Gasteiger partial charge on any atom is -0.356 e. The first-order chi connectivity index (χ1) is 4.88. The maximum absolute atomic E-state index is 5.86. The minimum atomic E-state index is -0.153. The smallest absolute Gasteiger partial charge is 0.170 e. The lowest BCUT2D eigenvalue weighted by Crippen LogP contribution is -2.16. The van der Waals surface area contributed by atoms with E-state index in [1.54, 1.807) is 11.8 Å². The Balaban J connectivity index is 2.52. The maximum atomic E-state index is 5.86. The van der Waals surface area contributed by atoms with Gasteiger partial charge in [0.15, 0.2) is 5.82 Å². The lowest BCUT2D eigenvalue weighted by molar-refractivity contribution is 0.887. The number of halogens is 1. The number of thiazole rings is 1. The second kappa shape index (κ2) is 2.21. The van der Waals surface area contributed by atoms with Crippen molar-refractivity contribution in [3.05, 3.63) is 10.4 Å². The summed E-state index contributed by atoms with van der Waals surface area (Å²) < 4.78 is 0. The molecule has 1 aromatic rings. The summed E-state index contributed by atoms with van der Waals surface area (Å²) in [6.07, 6.45) is 1.57. The standard InChI is InChI=1S/C5H4ClN3S/c6-4-3-5(8-1-7-4)9-2-10-3/h1-2,4H,(H,7,8). The highest BCUT2D eigenvalue weighted by Gasteiger charge is 2.16. The molecule has 1 aliphatic rings. The van der Waals surface area contributed by atoms with Crippen LogP contribution >= 0.6 is 22.9 Å². The van der Waals surface area contributed by atoms with Crippen molar-refractivity contribution in [2.24, 2.45) is 4.99 Å². The molecule has 0 saturated heterocycles. The topological polar surface area (TPSA) is 37.3 Å². The van der Waals surface area contributed by atoms with E-state index in [0.717, 1.165) is 10.7 Å². The number of rotatable bonds is 0. The Morgan fingerprint density at radius 1 is 1.70 bits per heavy atom. The molecule has 2 heterocycles. The van der Waals surface area contributed by atoms with E-state index in [-0.39, 0.29) is 5.50 Å². The molecule has 1 atom stereocenters. The third kappa shape index (κ3) is 0.803. The summed E-state index contributed by atoms with van der Waals surface area (Å²) in [6, 6.07) is 0. The van der Waals surface area contributed by atoms with Crippen LogP contribution in [0.5, 0.6) is 0 Å². The van der Waals surface area contributed by atoms with E-state index in [1.165, 1.54) is 11.3 Å². The second-order valence-corrected chi connectivity index (χ2v) is 3.15. The first kappa shape index (κ1) is 6.12. The summed E-state index contributed by atoms with van der Waals surface area (Å²) in [5.74, 6) is 0.740. The average molecular weight is 174 g/mol. The zero-order chi connectivity index (χ0) is 6.97. The van der Waals surface area contributed by atoms with Crippen LogP contribution in [-0.4, -0.2) is 11.3 Å². The number of aromatic nitrogens is 1. The van der Waals surface area contributed by atoms with Crippen LogP contribution in [0.25, 0.3) is 0 Å². The first-order valence-electron chi connectivity index (χ1n) is 2.74. The fourth-order valence-electron chi connectivity index (χ4n) is 0.759. The molecule has 1 N–H and O–H groups in total. The molecule has 10 heavy (non-hydrogen) atoms. The summed E-state index contributed by atoms with van der Waals surface area (Å²) in [4.78, 5) is 8.98. The molecular weight excluding hydrogens is 170 g/mol. The minimum absolute atomic E-state index is 0.153. The number of hydrogen-bond acceptors (Lipinski definition) is 4. The molecule has 0 spiro atoms. The van der Waals surface area contributed by atoms with Crippen molar-refractivity contribution in [1.82, 2.24) is 10.3 Å². The fourth-order valence-corrected chi connectivity index (χ4v) is 1.73.